The lowest BCUT2D eigenvalue weighted by atomic mass is 10.1. The van der Waals surface area contributed by atoms with Gasteiger partial charge < -0.3 is 14.9 Å². The van der Waals surface area contributed by atoms with Crippen LogP contribution in [-0.2, 0) is 14.8 Å². The van der Waals surface area contributed by atoms with E-state index < -0.39 is 27.9 Å². The first-order valence-corrected chi connectivity index (χ1v) is 9.11. The molecule has 0 saturated heterocycles. The van der Waals surface area contributed by atoms with Gasteiger partial charge in [0.05, 0.1) is 11.6 Å². The van der Waals surface area contributed by atoms with Gasteiger partial charge in [-0.2, -0.15) is 4.72 Å². The van der Waals surface area contributed by atoms with Crippen LogP contribution in [0.5, 0.6) is 0 Å². The molecule has 0 spiro atoms. The van der Waals surface area contributed by atoms with Crippen molar-refractivity contribution in [2.24, 2.45) is 0 Å². The quantitative estimate of drug-likeness (QED) is 0.691. The molecule has 10 heteroatoms. The van der Waals surface area contributed by atoms with Crippen LogP contribution in [-0.4, -0.2) is 36.6 Å². The molecule has 2 rings (SSSR count). The highest BCUT2D eigenvalue weighted by molar-refractivity contribution is 7.89. The summed E-state index contributed by atoms with van der Waals surface area (Å²) in [4.78, 5) is 23.3. The number of carboxylic acid groups (broad SMARTS) is 1. The SMILES string of the molecule is Cc1ccc(NC(=O)C(C)NS(=O)(=O)c2c(C)noc2C)cc1C(=O)O. The Labute approximate surface area is 150 Å². The lowest BCUT2D eigenvalue weighted by Gasteiger charge is -2.15. The number of amides is 1. The lowest BCUT2D eigenvalue weighted by molar-refractivity contribution is -0.117. The van der Waals surface area contributed by atoms with Gasteiger partial charge in [-0.25, -0.2) is 13.2 Å². The van der Waals surface area contributed by atoms with E-state index in [0.717, 1.165) is 0 Å². The summed E-state index contributed by atoms with van der Waals surface area (Å²) in [6.45, 7) is 5.95. The molecule has 0 aliphatic heterocycles. The highest BCUT2D eigenvalue weighted by Gasteiger charge is 2.28. The number of nitrogens with zero attached hydrogens (tertiary/aromatic N) is 1. The van der Waals surface area contributed by atoms with E-state index in [-0.39, 0.29) is 27.6 Å². The first kappa shape index (κ1) is 19.6. The van der Waals surface area contributed by atoms with Crippen LogP contribution in [0.4, 0.5) is 5.69 Å². The van der Waals surface area contributed by atoms with Gasteiger partial charge >= 0.3 is 5.97 Å². The molecule has 1 aromatic carbocycles. The summed E-state index contributed by atoms with van der Waals surface area (Å²) in [6, 6.07) is 3.29. The van der Waals surface area contributed by atoms with E-state index in [1.807, 2.05) is 0 Å². The molecule has 3 N–H and O–H groups in total. The maximum atomic E-state index is 12.4. The third kappa shape index (κ3) is 4.09. The molecular formula is C16H19N3O6S. The molecule has 0 aliphatic carbocycles. The van der Waals surface area contributed by atoms with Crippen molar-refractivity contribution in [2.45, 2.75) is 38.6 Å². The van der Waals surface area contributed by atoms with Crippen molar-refractivity contribution in [1.29, 1.82) is 0 Å². The van der Waals surface area contributed by atoms with Crippen LogP contribution in [0.1, 0.15) is 34.3 Å². The van der Waals surface area contributed by atoms with E-state index in [0.29, 0.717) is 5.56 Å². The minimum atomic E-state index is -4.00. The average molecular weight is 381 g/mol. The Bertz CT molecular complexity index is 945. The molecular weight excluding hydrogens is 362 g/mol. The fraction of sp³-hybridized carbons (Fsp3) is 0.312. The fourth-order valence-corrected chi connectivity index (χ4v) is 3.92. The molecule has 0 bridgehead atoms. The van der Waals surface area contributed by atoms with Crippen molar-refractivity contribution in [1.82, 2.24) is 9.88 Å². The van der Waals surface area contributed by atoms with E-state index in [4.69, 9.17) is 9.63 Å². The van der Waals surface area contributed by atoms with E-state index in [1.165, 1.54) is 32.9 Å². The number of sulfonamides is 1. The molecule has 1 heterocycles. The van der Waals surface area contributed by atoms with Crippen LogP contribution >= 0.6 is 0 Å². The number of aromatic carboxylic acids is 1. The third-order valence-electron chi connectivity index (χ3n) is 3.70. The largest absolute Gasteiger partial charge is 0.478 e. The zero-order valence-corrected chi connectivity index (χ0v) is 15.5. The molecule has 0 aliphatic rings. The molecule has 1 aromatic heterocycles. The number of hydrogen-bond acceptors (Lipinski definition) is 6. The van der Waals surface area contributed by atoms with Gasteiger partial charge in [0.2, 0.25) is 15.9 Å². The Hall–Kier alpha value is -2.72. The standard InChI is InChI=1S/C16H19N3O6S/c1-8-5-6-12(7-13(8)16(21)22)17-15(20)10(3)19-26(23,24)14-9(2)18-25-11(14)4/h5-7,10,19H,1-4H3,(H,17,20)(H,21,22). The Morgan fingerprint density at radius 1 is 1.23 bits per heavy atom. The summed E-state index contributed by atoms with van der Waals surface area (Å²) >= 11 is 0. The Kier molecular flexibility index (Phi) is 5.47. The number of nitrogens with one attached hydrogen (secondary N) is 2. The maximum Gasteiger partial charge on any atom is 0.336 e. The van der Waals surface area contributed by atoms with Crippen molar-refractivity contribution >= 4 is 27.6 Å². The molecule has 0 saturated carbocycles. The zero-order valence-electron chi connectivity index (χ0n) is 14.7. The second-order valence-electron chi connectivity index (χ2n) is 5.82. The van der Waals surface area contributed by atoms with Crippen LogP contribution in [0.2, 0.25) is 0 Å². The van der Waals surface area contributed by atoms with Crippen LogP contribution in [0, 0.1) is 20.8 Å². The van der Waals surface area contributed by atoms with Gasteiger partial charge in [0.25, 0.3) is 0 Å². The predicted octanol–water partition coefficient (Wildman–Crippen LogP) is 1.60. The topological polar surface area (TPSA) is 139 Å². The summed E-state index contributed by atoms with van der Waals surface area (Å²) in [7, 11) is -4.00. The summed E-state index contributed by atoms with van der Waals surface area (Å²) in [5.41, 5.74) is 1.03. The summed E-state index contributed by atoms with van der Waals surface area (Å²) in [5.74, 6) is -1.64. The second kappa shape index (κ2) is 7.26. The third-order valence-corrected chi connectivity index (χ3v) is 5.48. The van der Waals surface area contributed by atoms with Crippen molar-refractivity contribution in [3.8, 4) is 0 Å². The van der Waals surface area contributed by atoms with Crippen molar-refractivity contribution in [3.63, 3.8) is 0 Å². The number of aryl methyl sites for hydroxylation is 3. The molecule has 0 radical (unpaired) electrons. The molecule has 2 aromatic rings. The summed E-state index contributed by atoms with van der Waals surface area (Å²) in [5, 5.41) is 15.2. The van der Waals surface area contributed by atoms with Crippen LogP contribution in [0.15, 0.2) is 27.6 Å². The number of carboxylic acids is 1. The van der Waals surface area contributed by atoms with Crippen LogP contribution in [0.25, 0.3) is 0 Å². The van der Waals surface area contributed by atoms with Crippen molar-refractivity contribution in [2.75, 3.05) is 5.32 Å². The normalized spacial score (nSPS) is 12.6. The Balaban J connectivity index is 2.16. The van der Waals surface area contributed by atoms with E-state index in [2.05, 4.69) is 15.2 Å². The minimum absolute atomic E-state index is 0.0479. The van der Waals surface area contributed by atoms with Crippen LogP contribution < -0.4 is 10.0 Å². The predicted molar refractivity (Wildman–Crippen MR) is 92.5 cm³/mol. The summed E-state index contributed by atoms with van der Waals surface area (Å²) < 4.78 is 31.9. The summed E-state index contributed by atoms with van der Waals surface area (Å²) in [6.07, 6.45) is 0. The monoisotopic (exact) mass is 381 g/mol. The van der Waals surface area contributed by atoms with Crippen molar-refractivity contribution < 1.29 is 27.6 Å². The lowest BCUT2D eigenvalue weighted by Crippen LogP contribution is -2.41. The van der Waals surface area contributed by atoms with E-state index >= 15 is 0 Å². The molecule has 26 heavy (non-hydrogen) atoms. The first-order chi connectivity index (χ1) is 12.0. The van der Waals surface area contributed by atoms with E-state index in [1.54, 1.807) is 13.0 Å². The minimum Gasteiger partial charge on any atom is -0.478 e. The smallest absolute Gasteiger partial charge is 0.336 e. The highest BCUT2D eigenvalue weighted by Crippen LogP contribution is 2.19. The zero-order chi connectivity index (χ0) is 19.6. The van der Waals surface area contributed by atoms with Gasteiger partial charge in [-0.15, -0.1) is 0 Å². The molecule has 0 fully saturated rings. The van der Waals surface area contributed by atoms with Gasteiger partial charge in [-0.3, -0.25) is 4.79 Å². The maximum absolute atomic E-state index is 12.4. The Morgan fingerprint density at radius 3 is 2.42 bits per heavy atom. The number of aromatic nitrogens is 1. The van der Waals surface area contributed by atoms with Gasteiger partial charge in [-0.05, 0) is 45.4 Å². The Morgan fingerprint density at radius 2 is 1.88 bits per heavy atom. The molecule has 1 unspecified atom stereocenters. The van der Waals surface area contributed by atoms with E-state index in [9.17, 15) is 18.0 Å². The number of carbonyl (C=O) groups excluding carboxylic acids is 1. The average Bonchev–Trinajstić information content (AvgIpc) is 2.88. The second-order valence-corrected chi connectivity index (χ2v) is 7.47. The molecule has 1 atom stereocenters. The number of rotatable bonds is 6. The number of carbonyl (C=O) groups is 2. The van der Waals surface area contributed by atoms with Gasteiger partial charge in [0, 0.05) is 5.69 Å². The van der Waals surface area contributed by atoms with Crippen LogP contribution in [0.3, 0.4) is 0 Å². The number of benzene rings is 1. The first-order valence-electron chi connectivity index (χ1n) is 7.63. The number of anilines is 1. The molecule has 140 valence electrons. The highest BCUT2D eigenvalue weighted by atomic mass is 32.2. The van der Waals surface area contributed by atoms with Gasteiger partial charge in [0.1, 0.15) is 10.6 Å². The molecule has 1 amide bonds. The fourth-order valence-electron chi connectivity index (χ4n) is 2.38. The number of hydrogen-bond donors (Lipinski definition) is 3. The van der Waals surface area contributed by atoms with Crippen molar-refractivity contribution in [3.05, 3.63) is 40.8 Å². The van der Waals surface area contributed by atoms with Gasteiger partial charge in [0.15, 0.2) is 5.76 Å². The van der Waals surface area contributed by atoms with Gasteiger partial charge in [-0.1, -0.05) is 11.2 Å². The molecule has 9 nitrogen and oxygen atoms in total.